The molecule has 0 spiro atoms. The summed E-state index contributed by atoms with van der Waals surface area (Å²) in [5.41, 5.74) is 3.62. The predicted molar refractivity (Wildman–Crippen MR) is 136 cm³/mol. The van der Waals surface area contributed by atoms with E-state index in [0.717, 1.165) is 11.5 Å². The van der Waals surface area contributed by atoms with Gasteiger partial charge in [0.1, 0.15) is 22.3 Å². The first kappa shape index (κ1) is 24.5. The van der Waals surface area contributed by atoms with Crippen LogP contribution in [0.15, 0.2) is 58.0 Å². The third-order valence-corrected chi connectivity index (χ3v) is 8.37. The van der Waals surface area contributed by atoms with Crippen molar-refractivity contribution in [2.75, 3.05) is 18.1 Å². The summed E-state index contributed by atoms with van der Waals surface area (Å²) >= 11 is 15.9. The smallest absolute Gasteiger partial charge is 0.288 e. The normalized spacial score (nSPS) is 13.9. The lowest BCUT2D eigenvalue weighted by atomic mass is 10.1. The van der Waals surface area contributed by atoms with Crippen molar-refractivity contribution < 1.29 is 18.9 Å². The van der Waals surface area contributed by atoms with Crippen molar-refractivity contribution in [3.8, 4) is 17.1 Å². The lowest BCUT2D eigenvalue weighted by Crippen LogP contribution is -2.24. The summed E-state index contributed by atoms with van der Waals surface area (Å²) in [6, 6.07) is 13.4. The van der Waals surface area contributed by atoms with Gasteiger partial charge in [0.2, 0.25) is 0 Å². The Morgan fingerprint density at radius 2 is 1.91 bits per heavy atom. The van der Waals surface area contributed by atoms with Crippen LogP contribution in [0, 0.1) is 10.1 Å². The molecule has 8 nitrogen and oxygen atoms in total. The molecule has 1 saturated heterocycles. The Kier molecular flexibility index (Phi) is 8.04. The van der Waals surface area contributed by atoms with E-state index in [0.29, 0.717) is 27.4 Å². The van der Waals surface area contributed by atoms with Crippen molar-refractivity contribution in [1.29, 1.82) is 0 Å². The molecule has 1 amide bonds. The Labute approximate surface area is 213 Å². The second kappa shape index (κ2) is 11.2. The minimum absolute atomic E-state index is 0.0696. The van der Waals surface area contributed by atoms with Gasteiger partial charge in [0, 0.05) is 23.1 Å². The van der Waals surface area contributed by atoms with Gasteiger partial charge in [-0.3, -0.25) is 14.9 Å². The van der Waals surface area contributed by atoms with E-state index in [2.05, 4.69) is 10.5 Å². The van der Waals surface area contributed by atoms with Crippen molar-refractivity contribution in [2.45, 2.75) is 4.58 Å². The number of benzene rings is 2. The van der Waals surface area contributed by atoms with Gasteiger partial charge in [-0.1, -0.05) is 35.3 Å². The highest BCUT2D eigenvalue weighted by Gasteiger charge is 2.19. The molecule has 4 rings (SSSR count). The van der Waals surface area contributed by atoms with Crippen LogP contribution < -0.4 is 10.2 Å². The van der Waals surface area contributed by atoms with Crippen LogP contribution in [-0.4, -0.2) is 35.2 Å². The van der Waals surface area contributed by atoms with Gasteiger partial charge in [-0.2, -0.15) is 5.10 Å². The number of hydrogen-bond acceptors (Lipinski definition) is 8. The second-order valence-corrected chi connectivity index (χ2v) is 10.5. The maximum atomic E-state index is 12.0. The monoisotopic (exact) mass is 537 g/mol. The minimum Gasteiger partial charge on any atom is -0.484 e. The SMILES string of the molecule is O=C(COc1ccc(C2SCCS2)cc1)N/N=C\c1ccc(-c2cc([N+](=O)[O-])c(Cl)cc2Cl)o1. The molecule has 176 valence electrons. The zero-order valence-corrected chi connectivity index (χ0v) is 20.5. The lowest BCUT2D eigenvalue weighted by molar-refractivity contribution is -0.384. The van der Waals surface area contributed by atoms with Gasteiger partial charge in [-0.15, -0.1) is 23.5 Å². The largest absolute Gasteiger partial charge is 0.484 e. The topological polar surface area (TPSA) is 107 Å². The molecule has 3 aromatic rings. The van der Waals surface area contributed by atoms with Gasteiger partial charge >= 0.3 is 0 Å². The van der Waals surface area contributed by atoms with Crippen molar-refractivity contribution >= 4 is 64.5 Å². The fourth-order valence-corrected chi connectivity index (χ4v) is 6.46. The zero-order chi connectivity index (χ0) is 24.1. The average molecular weight is 538 g/mol. The van der Waals surface area contributed by atoms with Crippen molar-refractivity contribution in [3.05, 3.63) is 80.0 Å². The van der Waals surface area contributed by atoms with E-state index in [4.69, 9.17) is 32.4 Å². The number of hydrazone groups is 1. The number of nitrogens with zero attached hydrogens (tertiary/aromatic N) is 2. The molecule has 1 aliphatic rings. The van der Waals surface area contributed by atoms with Crippen LogP contribution in [0.5, 0.6) is 5.75 Å². The highest BCUT2D eigenvalue weighted by atomic mass is 35.5. The number of carbonyl (C=O) groups is 1. The summed E-state index contributed by atoms with van der Waals surface area (Å²) in [5.74, 6) is 3.07. The van der Waals surface area contributed by atoms with Gasteiger partial charge in [-0.25, -0.2) is 5.43 Å². The molecule has 0 radical (unpaired) electrons. The summed E-state index contributed by atoms with van der Waals surface area (Å²) in [7, 11) is 0. The third kappa shape index (κ3) is 6.06. The summed E-state index contributed by atoms with van der Waals surface area (Å²) in [6.07, 6.45) is 1.30. The van der Waals surface area contributed by atoms with Gasteiger partial charge in [0.25, 0.3) is 11.6 Å². The van der Waals surface area contributed by atoms with Gasteiger partial charge in [0.15, 0.2) is 6.61 Å². The number of ether oxygens (including phenoxy) is 1. The Morgan fingerprint density at radius 3 is 2.62 bits per heavy atom. The number of nitrogens with one attached hydrogen (secondary N) is 1. The predicted octanol–water partition coefficient (Wildman–Crippen LogP) is 6.17. The number of furan rings is 1. The fraction of sp³-hybridized carbons (Fsp3) is 0.182. The maximum absolute atomic E-state index is 12.0. The molecule has 12 heteroatoms. The molecular formula is C22H17Cl2N3O5S2. The molecular weight excluding hydrogens is 521 g/mol. The zero-order valence-electron chi connectivity index (χ0n) is 17.4. The number of carbonyl (C=O) groups excluding carboxylic acids is 1. The number of hydrogen-bond donors (Lipinski definition) is 1. The van der Waals surface area contributed by atoms with Crippen LogP contribution in [0.4, 0.5) is 5.69 Å². The lowest BCUT2D eigenvalue weighted by Gasteiger charge is -2.09. The van der Waals surface area contributed by atoms with Gasteiger partial charge < -0.3 is 9.15 Å². The quantitative estimate of drug-likeness (QED) is 0.208. The molecule has 2 aromatic carbocycles. The molecule has 1 aromatic heterocycles. The molecule has 0 saturated carbocycles. The fourth-order valence-electron chi connectivity index (χ4n) is 3.05. The Morgan fingerprint density at radius 1 is 1.18 bits per heavy atom. The summed E-state index contributed by atoms with van der Waals surface area (Å²) in [5, 5.41) is 15.1. The molecule has 0 atom stereocenters. The molecule has 1 aliphatic heterocycles. The van der Waals surface area contributed by atoms with Crippen LogP contribution >= 0.6 is 46.7 Å². The maximum Gasteiger partial charge on any atom is 0.288 e. The van der Waals surface area contributed by atoms with E-state index in [1.54, 1.807) is 12.1 Å². The van der Waals surface area contributed by atoms with Crippen molar-refractivity contribution in [2.24, 2.45) is 5.10 Å². The minimum atomic E-state index is -0.604. The number of amides is 1. The first-order valence-electron chi connectivity index (χ1n) is 9.92. The number of thioether (sulfide) groups is 2. The average Bonchev–Trinajstić information content (AvgIpc) is 3.51. The third-order valence-electron chi connectivity index (χ3n) is 4.65. The molecule has 2 heterocycles. The van der Waals surface area contributed by atoms with Crippen LogP contribution in [0.1, 0.15) is 15.9 Å². The Hall–Kier alpha value is -2.66. The highest BCUT2D eigenvalue weighted by Crippen LogP contribution is 2.45. The van der Waals surface area contributed by atoms with Crippen LogP contribution in [0.2, 0.25) is 10.0 Å². The van der Waals surface area contributed by atoms with E-state index in [-0.39, 0.29) is 22.3 Å². The first-order chi connectivity index (χ1) is 16.4. The molecule has 0 aliphatic carbocycles. The van der Waals surface area contributed by atoms with E-state index >= 15 is 0 Å². The number of nitro benzene ring substituents is 1. The number of halogens is 2. The van der Waals surface area contributed by atoms with E-state index in [1.165, 1.54) is 23.9 Å². The van der Waals surface area contributed by atoms with E-state index in [9.17, 15) is 14.9 Å². The Bertz CT molecular complexity index is 1230. The molecule has 1 fully saturated rings. The molecule has 1 N–H and O–H groups in total. The summed E-state index contributed by atoms with van der Waals surface area (Å²) < 4.78 is 11.6. The number of nitro groups is 1. The van der Waals surface area contributed by atoms with Crippen molar-refractivity contribution in [3.63, 3.8) is 0 Å². The summed E-state index contributed by atoms with van der Waals surface area (Å²) in [4.78, 5) is 22.5. The van der Waals surface area contributed by atoms with Crippen molar-refractivity contribution in [1.82, 2.24) is 5.43 Å². The van der Waals surface area contributed by atoms with Gasteiger partial charge in [-0.05, 0) is 35.9 Å². The number of rotatable bonds is 8. The molecule has 0 bridgehead atoms. The van der Waals surface area contributed by atoms with Crippen LogP contribution in [-0.2, 0) is 4.79 Å². The van der Waals surface area contributed by atoms with Crippen LogP contribution in [0.3, 0.4) is 0 Å². The Balaban J connectivity index is 1.30. The molecule has 34 heavy (non-hydrogen) atoms. The highest BCUT2D eigenvalue weighted by molar-refractivity contribution is 8.19. The standard InChI is InChI=1S/C22H17Cl2N3O5S2/c23-17-10-18(24)19(27(29)30)9-16(17)20-6-5-15(32-20)11-25-26-21(28)12-31-14-3-1-13(2-4-14)22-33-7-8-34-22/h1-6,9-11,22H,7-8,12H2,(H,26,28)/b25-11-. The summed E-state index contributed by atoms with van der Waals surface area (Å²) in [6.45, 7) is -0.197. The van der Waals surface area contributed by atoms with Crippen LogP contribution in [0.25, 0.3) is 11.3 Å². The van der Waals surface area contributed by atoms with E-state index < -0.39 is 10.8 Å². The van der Waals surface area contributed by atoms with Gasteiger partial charge in [0.05, 0.1) is 20.7 Å². The molecule has 0 unspecified atom stereocenters. The van der Waals surface area contributed by atoms with E-state index in [1.807, 2.05) is 47.8 Å². The second-order valence-electron chi connectivity index (χ2n) is 6.97. The first-order valence-corrected chi connectivity index (χ1v) is 12.8.